The standard InChI is InChI=1S/C25H36N2O2S/c1-6-20(2)16-26(23(28)15-25(3,4)5)19-24(29)27(18-22-13-10-14-30-22)17-21-11-8-7-9-12-21/h7-14,20H,6,15-19H2,1-5H3/t20-/m0/s1. The van der Waals surface area contributed by atoms with Crippen molar-refractivity contribution in [3.63, 3.8) is 0 Å². The molecule has 1 aromatic carbocycles. The Bertz CT molecular complexity index is 781. The van der Waals surface area contributed by atoms with Gasteiger partial charge in [0.15, 0.2) is 0 Å². The molecule has 0 bridgehead atoms. The van der Waals surface area contributed by atoms with Gasteiger partial charge in [0.2, 0.25) is 11.8 Å². The maximum Gasteiger partial charge on any atom is 0.242 e. The van der Waals surface area contributed by atoms with Gasteiger partial charge in [0.25, 0.3) is 0 Å². The number of rotatable bonds is 10. The van der Waals surface area contributed by atoms with Crippen molar-refractivity contribution in [3.05, 3.63) is 58.3 Å². The lowest BCUT2D eigenvalue weighted by Crippen LogP contribution is -2.44. The van der Waals surface area contributed by atoms with Gasteiger partial charge in [-0.25, -0.2) is 0 Å². The number of carbonyl (C=O) groups excluding carboxylic acids is 2. The fourth-order valence-corrected chi connectivity index (χ4v) is 3.93. The van der Waals surface area contributed by atoms with Crippen LogP contribution in [0.25, 0.3) is 0 Å². The van der Waals surface area contributed by atoms with Crippen LogP contribution in [-0.4, -0.2) is 34.7 Å². The van der Waals surface area contributed by atoms with Gasteiger partial charge in [-0.15, -0.1) is 11.3 Å². The first kappa shape index (κ1) is 24.1. The van der Waals surface area contributed by atoms with Gasteiger partial charge in [-0.1, -0.05) is 77.4 Å². The summed E-state index contributed by atoms with van der Waals surface area (Å²) in [7, 11) is 0. The van der Waals surface area contributed by atoms with Gasteiger partial charge in [0.05, 0.1) is 13.1 Å². The Labute approximate surface area is 185 Å². The number of carbonyl (C=O) groups is 2. The Hall–Kier alpha value is -2.14. The number of benzene rings is 1. The van der Waals surface area contributed by atoms with Gasteiger partial charge >= 0.3 is 0 Å². The SMILES string of the molecule is CC[C@H](C)CN(CC(=O)N(Cc1ccccc1)Cc1cccs1)C(=O)CC(C)(C)C. The Morgan fingerprint density at radius 1 is 0.967 bits per heavy atom. The van der Waals surface area contributed by atoms with Crippen molar-refractivity contribution in [1.29, 1.82) is 0 Å². The summed E-state index contributed by atoms with van der Waals surface area (Å²) in [6, 6.07) is 14.1. The zero-order valence-electron chi connectivity index (χ0n) is 19.1. The van der Waals surface area contributed by atoms with E-state index in [4.69, 9.17) is 0 Å². The van der Waals surface area contributed by atoms with Gasteiger partial charge in [-0.3, -0.25) is 9.59 Å². The predicted molar refractivity (Wildman–Crippen MR) is 125 cm³/mol. The van der Waals surface area contributed by atoms with E-state index in [1.165, 1.54) is 0 Å². The molecular formula is C25H36N2O2S. The largest absolute Gasteiger partial charge is 0.333 e. The molecule has 1 heterocycles. The van der Waals surface area contributed by atoms with Crippen LogP contribution in [0.5, 0.6) is 0 Å². The molecule has 4 nitrogen and oxygen atoms in total. The highest BCUT2D eigenvalue weighted by atomic mass is 32.1. The van der Waals surface area contributed by atoms with Crippen molar-refractivity contribution in [2.75, 3.05) is 13.1 Å². The van der Waals surface area contributed by atoms with Crippen LogP contribution in [0.3, 0.4) is 0 Å². The molecule has 0 aliphatic rings. The van der Waals surface area contributed by atoms with E-state index in [0.29, 0.717) is 32.0 Å². The van der Waals surface area contributed by atoms with Crippen LogP contribution in [0, 0.1) is 11.3 Å². The lowest BCUT2D eigenvalue weighted by Gasteiger charge is -2.31. The Morgan fingerprint density at radius 3 is 2.23 bits per heavy atom. The van der Waals surface area contributed by atoms with Crippen molar-refractivity contribution in [2.24, 2.45) is 11.3 Å². The van der Waals surface area contributed by atoms with Crippen LogP contribution in [-0.2, 0) is 22.7 Å². The van der Waals surface area contributed by atoms with E-state index < -0.39 is 0 Å². The fourth-order valence-electron chi connectivity index (χ4n) is 3.22. The number of nitrogens with zero attached hydrogens (tertiary/aromatic N) is 2. The summed E-state index contributed by atoms with van der Waals surface area (Å²) in [5, 5.41) is 2.03. The number of thiophene rings is 1. The quantitative estimate of drug-likeness (QED) is 0.495. The van der Waals surface area contributed by atoms with E-state index in [1.54, 1.807) is 16.2 Å². The van der Waals surface area contributed by atoms with Crippen molar-refractivity contribution in [3.8, 4) is 0 Å². The highest BCUT2D eigenvalue weighted by molar-refractivity contribution is 7.09. The molecule has 0 saturated carbocycles. The average molecular weight is 429 g/mol. The topological polar surface area (TPSA) is 40.6 Å². The van der Waals surface area contributed by atoms with Crippen molar-refractivity contribution in [1.82, 2.24) is 9.80 Å². The second-order valence-corrected chi connectivity index (χ2v) is 10.4. The zero-order valence-corrected chi connectivity index (χ0v) is 19.9. The smallest absolute Gasteiger partial charge is 0.242 e. The van der Waals surface area contributed by atoms with E-state index in [-0.39, 0.29) is 23.8 Å². The summed E-state index contributed by atoms with van der Waals surface area (Å²) >= 11 is 1.65. The second-order valence-electron chi connectivity index (χ2n) is 9.34. The first-order valence-electron chi connectivity index (χ1n) is 10.8. The molecule has 0 aliphatic carbocycles. The lowest BCUT2D eigenvalue weighted by molar-refractivity contribution is -0.142. The van der Waals surface area contributed by atoms with Gasteiger partial charge in [-0.2, -0.15) is 0 Å². The molecule has 0 fully saturated rings. The predicted octanol–water partition coefficient (Wildman–Crippen LogP) is 5.59. The van der Waals surface area contributed by atoms with E-state index in [0.717, 1.165) is 16.9 Å². The molecule has 0 radical (unpaired) electrons. The minimum atomic E-state index is -0.103. The van der Waals surface area contributed by atoms with Crippen LogP contribution < -0.4 is 0 Å². The lowest BCUT2D eigenvalue weighted by atomic mass is 9.91. The van der Waals surface area contributed by atoms with Crippen LogP contribution in [0.15, 0.2) is 47.8 Å². The minimum absolute atomic E-state index is 0.00202. The molecule has 2 amide bonds. The summed E-state index contributed by atoms with van der Waals surface area (Å²) in [6.07, 6.45) is 1.43. The van der Waals surface area contributed by atoms with Crippen molar-refractivity contribution >= 4 is 23.2 Å². The molecular weight excluding hydrogens is 392 g/mol. The van der Waals surface area contributed by atoms with Crippen molar-refractivity contribution in [2.45, 2.75) is 60.5 Å². The zero-order chi connectivity index (χ0) is 22.1. The molecule has 2 rings (SSSR count). The summed E-state index contributed by atoms with van der Waals surface area (Å²) in [5.41, 5.74) is 0.992. The van der Waals surface area contributed by atoms with Crippen LogP contribution in [0.2, 0.25) is 0 Å². The maximum atomic E-state index is 13.4. The molecule has 5 heteroatoms. The number of amides is 2. The minimum Gasteiger partial charge on any atom is -0.333 e. The third-order valence-electron chi connectivity index (χ3n) is 5.09. The Morgan fingerprint density at radius 2 is 1.67 bits per heavy atom. The summed E-state index contributed by atoms with van der Waals surface area (Å²) in [5.74, 6) is 0.423. The summed E-state index contributed by atoms with van der Waals surface area (Å²) < 4.78 is 0. The third kappa shape index (κ3) is 8.31. The van der Waals surface area contributed by atoms with Crippen LogP contribution in [0.4, 0.5) is 0 Å². The van der Waals surface area contributed by atoms with Gasteiger partial charge in [0, 0.05) is 24.4 Å². The highest BCUT2D eigenvalue weighted by Gasteiger charge is 2.26. The molecule has 0 aliphatic heterocycles. The van der Waals surface area contributed by atoms with Crippen LogP contribution >= 0.6 is 11.3 Å². The van der Waals surface area contributed by atoms with E-state index in [9.17, 15) is 9.59 Å². The molecule has 0 spiro atoms. The van der Waals surface area contributed by atoms with Crippen molar-refractivity contribution < 1.29 is 9.59 Å². The van der Waals surface area contributed by atoms with E-state index in [1.807, 2.05) is 46.7 Å². The second kappa shape index (κ2) is 11.3. The molecule has 0 N–H and O–H groups in total. The Balaban J connectivity index is 2.18. The maximum absolute atomic E-state index is 13.4. The molecule has 0 saturated heterocycles. The molecule has 2 aromatic rings. The number of hydrogen-bond donors (Lipinski definition) is 0. The third-order valence-corrected chi connectivity index (χ3v) is 5.95. The monoisotopic (exact) mass is 428 g/mol. The average Bonchev–Trinajstić information content (AvgIpc) is 3.19. The molecule has 0 unspecified atom stereocenters. The first-order valence-corrected chi connectivity index (χ1v) is 11.7. The molecule has 1 atom stereocenters. The van der Waals surface area contributed by atoms with E-state index in [2.05, 4.69) is 40.7 Å². The molecule has 1 aromatic heterocycles. The van der Waals surface area contributed by atoms with Gasteiger partial charge in [0.1, 0.15) is 0 Å². The molecule has 30 heavy (non-hydrogen) atoms. The van der Waals surface area contributed by atoms with Gasteiger partial charge in [-0.05, 0) is 28.3 Å². The highest BCUT2D eigenvalue weighted by Crippen LogP contribution is 2.21. The summed E-state index contributed by atoms with van der Waals surface area (Å²) in [4.78, 5) is 31.2. The van der Waals surface area contributed by atoms with E-state index >= 15 is 0 Å². The Kier molecular flexibility index (Phi) is 9.09. The number of hydrogen-bond acceptors (Lipinski definition) is 3. The molecule has 164 valence electrons. The first-order chi connectivity index (χ1) is 14.2. The summed E-state index contributed by atoms with van der Waals surface area (Å²) in [6.45, 7) is 12.3. The normalized spacial score (nSPS) is 12.4. The van der Waals surface area contributed by atoms with Crippen LogP contribution in [0.1, 0.15) is 57.9 Å². The fraction of sp³-hybridized carbons (Fsp3) is 0.520. The van der Waals surface area contributed by atoms with Gasteiger partial charge < -0.3 is 9.80 Å².